The molecule has 1 aliphatic heterocycles. The zero-order chi connectivity index (χ0) is 13.5. The van der Waals surface area contributed by atoms with Gasteiger partial charge in [0.15, 0.2) is 5.96 Å². The van der Waals surface area contributed by atoms with Gasteiger partial charge in [0.1, 0.15) is 0 Å². The van der Waals surface area contributed by atoms with Gasteiger partial charge in [0.25, 0.3) is 0 Å². The van der Waals surface area contributed by atoms with Crippen LogP contribution < -0.4 is 11.5 Å². The quantitative estimate of drug-likeness (QED) is 0.366. The van der Waals surface area contributed by atoms with Crippen molar-refractivity contribution in [2.75, 3.05) is 19.6 Å². The van der Waals surface area contributed by atoms with Gasteiger partial charge in [-0.3, -0.25) is 9.69 Å². The van der Waals surface area contributed by atoms with Crippen LogP contribution in [-0.4, -0.2) is 41.6 Å². The van der Waals surface area contributed by atoms with E-state index in [9.17, 15) is 4.79 Å². The number of aliphatic imine (C=N–C) groups is 1. The van der Waals surface area contributed by atoms with Crippen LogP contribution in [-0.2, 0) is 4.79 Å². The normalized spacial score (nSPS) is 18.3. The predicted molar refractivity (Wildman–Crippen MR) is 70.9 cm³/mol. The maximum atomic E-state index is 10.8. The zero-order valence-electron chi connectivity index (χ0n) is 10.4. The van der Waals surface area contributed by atoms with E-state index in [1.54, 1.807) is 12.3 Å². The molecule has 5 N–H and O–H groups in total. The third-order valence-electron chi connectivity index (χ3n) is 2.98. The number of likely N-dealkylation sites (tertiary alicyclic amines) is 1. The van der Waals surface area contributed by atoms with Crippen molar-refractivity contribution in [3.8, 4) is 0 Å². The summed E-state index contributed by atoms with van der Waals surface area (Å²) in [6, 6.07) is 0. The van der Waals surface area contributed by atoms with Crippen molar-refractivity contribution in [3.05, 3.63) is 24.4 Å². The Bertz CT molecular complexity index is 364. The Morgan fingerprint density at radius 3 is 2.50 bits per heavy atom. The van der Waals surface area contributed by atoms with Crippen LogP contribution in [0.25, 0.3) is 0 Å². The van der Waals surface area contributed by atoms with Crippen molar-refractivity contribution in [2.24, 2.45) is 22.4 Å². The molecule has 0 radical (unpaired) electrons. The number of carboxylic acids is 1. The lowest BCUT2D eigenvalue weighted by Gasteiger charge is -2.30. The summed E-state index contributed by atoms with van der Waals surface area (Å²) >= 11 is 0. The molecular weight excluding hydrogens is 232 g/mol. The van der Waals surface area contributed by atoms with E-state index in [1.807, 2.05) is 0 Å². The van der Waals surface area contributed by atoms with E-state index in [1.165, 1.54) is 0 Å². The molecule has 0 atom stereocenters. The van der Waals surface area contributed by atoms with Gasteiger partial charge in [-0.1, -0.05) is 12.7 Å². The minimum Gasteiger partial charge on any atom is -0.481 e. The Kier molecular flexibility index (Phi) is 5.38. The molecule has 0 unspecified atom stereocenters. The number of hydrogen-bond donors (Lipinski definition) is 3. The summed E-state index contributed by atoms with van der Waals surface area (Å²) in [5, 5.41) is 8.91. The molecule has 0 bridgehead atoms. The molecule has 1 rings (SSSR count). The number of nitrogens with two attached hydrogens (primary N) is 2. The van der Waals surface area contributed by atoms with Gasteiger partial charge in [-0.25, -0.2) is 4.99 Å². The van der Waals surface area contributed by atoms with Gasteiger partial charge in [-0.05, 0) is 31.5 Å². The van der Waals surface area contributed by atoms with Crippen molar-refractivity contribution < 1.29 is 9.90 Å². The second-order valence-corrected chi connectivity index (χ2v) is 4.35. The summed E-state index contributed by atoms with van der Waals surface area (Å²) in [6.07, 6.45) is 4.66. The average Bonchev–Trinajstić information content (AvgIpc) is 2.34. The maximum absolute atomic E-state index is 10.8. The van der Waals surface area contributed by atoms with E-state index < -0.39 is 5.97 Å². The Balaban J connectivity index is 2.48. The number of guanidine groups is 1. The standard InChI is InChI=1S/C12H20N4O2/c1-2-9(7-15-12(13)14)8-16-5-3-10(4-6-16)11(17)18/h2,7,10H,1,3-6,8H2,(H,17,18)(H4,13,14,15)/b9-7+. The van der Waals surface area contributed by atoms with Gasteiger partial charge in [0, 0.05) is 12.7 Å². The van der Waals surface area contributed by atoms with E-state index >= 15 is 0 Å². The molecule has 0 aliphatic carbocycles. The van der Waals surface area contributed by atoms with Gasteiger partial charge in [-0.2, -0.15) is 0 Å². The van der Waals surface area contributed by atoms with Crippen LogP contribution in [0.5, 0.6) is 0 Å². The van der Waals surface area contributed by atoms with Crippen LogP contribution in [0.4, 0.5) is 0 Å². The fourth-order valence-electron chi connectivity index (χ4n) is 1.91. The van der Waals surface area contributed by atoms with Crippen LogP contribution in [0.2, 0.25) is 0 Å². The van der Waals surface area contributed by atoms with Crippen molar-refractivity contribution >= 4 is 11.9 Å². The largest absolute Gasteiger partial charge is 0.481 e. The number of carboxylic acid groups (broad SMARTS) is 1. The molecule has 0 spiro atoms. The van der Waals surface area contributed by atoms with E-state index in [4.69, 9.17) is 16.6 Å². The van der Waals surface area contributed by atoms with Gasteiger partial charge in [0.2, 0.25) is 0 Å². The monoisotopic (exact) mass is 252 g/mol. The molecule has 0 aromatic rings. The van der Waals surface area contributed by atoms with Crippen LogP contribution >= 0.6 is 0 Å². The number of aliphatic carboxylic acids is 1. The molecule has 0 amide bonds. The van der Waals surface area contributed by atoms with E-state index in [-0.39, 0.29) is 11.9 Å². The highest BCUT2D eigenvalue weighted by Gasteiger charge is 2.24. The first-order chi connectivity index (χ1) is 8.52. The first-order valence-corrected chi connectivity index (χ1v) is 5.88. The molecule has 0 aromatic carbocycles. The van der Waals surface area contributed by atoms with Crippen molar-refractivity contribution in [3.63, 3.8) is 0 Å². The second-order valence-electron chi connectivity index (χ2n) is 4.35. The molecule has 1 fully saturated rings. The summed E-state index contributed by atoms with van der Waals surface area (Å²) in [5.41, 5.74) is 11.4. The van der Waals surface area contributed by atoms with Crippen molar-refractivity contribution in [1.29, 1.82) is 0 Å². The lowest BCUT2D eigenvalue weighted by atomic mass is 9.97. The fourth-order valence-corrected chi connectivity index (χ4v) is 1.91. The highest BCUT2D eigenvalue weighted by atomic mass is 16.4. The lowest BCUT2D eigenvalue weighted by Crippen LogP contribution is -2.37. The Hall–Kier alpha value is -1.82. The molecule has 1 heterocycles. The van der Waals surface area contributed by atoms with Crippen LogP contribution in [0.1, 0.15) is 12.8 Å². The Morgan fingerprint density at radius 1 is 1.44 bits per heavy atom. The average molecular weight is 252 g/mol. The van der Waals surface area contributed by atoms with Crippen LogP contribution in [0.3, 0.4) is 0 Å². The topological polar surface area (TPSA) is 105 Å². The zero-order valence-corrected chi connectivity index (χ0v) is 10.4. The molecule has 18 heavy (non-hydrogen) atoms. The molecule has 6 nitrogen and oxygen atoms in total. The minimum atomic E-state index is -0.699. The molecule has 1 aliphatic rings. The van der Waals surface area contributed by atoms with Crippen molar-refractivity contribution in [1.82, 2.24) is 4.90 Å². The molecule has 100 valence electrons. The first-order valence-electron chi connectivity index (χ1n) is 5.88. The summed E-state index contributed by atoms with van der Waals surface area (Å²) in [5.74, 6) is -0.899. The van der Waals surface area contributed by atoms with Crippen molar-refractivity contribution in [2.45, 2.75) is 12.8 Å². The Morgan fingerprint density at radius 2 is 2.06 bits per heavy atom. The summed E-state index contributed by atoms with van der Waals surface area (Å²) in [4.78, 5) is 16.8. The number of rotatable bonds is 5. The first kappa shape index (κ1) is 14.2. The highest BCUT2D eigenvalue weighted by molar-refractivity contribution is 5.76. The second kappa shape index (κ2) is 6.80. The third kappa shape index (κ3) is 4.58. The molecule has 1 saturated heterocycles. The maximum Gasteiger partial charge on any atom is 0.306 e. The lowest BCUT2D eigenvalue weighted by molar-refractivity contribution is -0.143. The van der Waals surface area contributed by atoms with E-state index in [0.29, 0.717) is 19.4 Å². The number of hydrogen-bond acceptors (Lipinski definition) is 3. The smallest absolute Gasteiger partial charge is 0.306 e. The number of piperidine rings is 1. The number of nitrogens with zero attached hydrogens (tertiary/aromatic N) is 2. The van der Waals surface area contributed by atoms with Crippen LogP contribution in [0, 0.1) is 5.92 Å². The van der Waals surface area contributed by atoms with Gasteiger partial charge in [-0.15, -0.1) is 0 Å². The SMILES string of the molecule is C=C/C(=C\N=C(N)N)CN1CCC(C(=O)O)CC1. The van der Waals surface area contributed by atoms with Crippen LogP contribution in [0.15, 0.2) is 29.4 Å². The van der Waals surface area contributed by atoms with E-state index in [2.05, 4.69) is 16.5 Å². The van der Waals surface area contributed by atoms with Gasteiger partial charge in [0.05, 0.1) is 5.92 Å². The molecule has 0 saturated carbocycles. The molecule has 0 aromatic heterocycles. The fraction of sp³-hybridized carbons (Fsp3) is 0.500. The number of carbonyl (C=O) groups is 1. The van der Waals surface area contributed by atoms with E-state index in [0.717, 1.165) is 18.7 Å². The molecule has 6 heteroatoms. The molecular formula is C12H20N4O2. The summed E-state index contributed by atoms with van der Waals surface area (Å²) in [7, 11) is 0. The third-order valence-corrected chi connectivity index (χ3v) is 2.98. The Labute approximate surface area is 107 Å². The minimum absolute atomic E-state index is 0.0129. The van der Waals surface area contributed by atoms with Gasteiger partial charge >= 0.3 is 5.97 Å². The highest BCUT2D eigenvalue weighted by Crippen LogP contribution is 2.18. The predicted octanol–water partition coefficient (Wildman–Crippen LogP) is 0.126. The summed E-state index contributed by atoms with van der Waals surface area (Å²) in [6.45, 7) is 5.93. The van der Waals surface area contributed by atoms with Gasteiger partial charge < -0.3 is 16.6 Å². The summed E-state index contributed by atoms with van der Waals surface area (Å²) < 4.78 is 0.